The van der Waals surface area contributed by atoms with E-state index in [-0.39, 0.29) is 34.5 Å². The summed E-state index contributed by atoms with van der Waals surface area (Å²) < 4.78 is 35.7. The van der Waals surface area contributed by atoms with Crippen LogP contribution in [0, 0.1) is 5.82 Å². The summed E-state index contributed by atoms with van der Waals surface area (Å²) in [5, 5.41) is 2.46. The van der Waals surface area contributed by atoms with Crippen LogP contribution in [0.25, 0.3) is 0 Å². The van der Waals surface area contributed by atoms with Crippen LogP contribution in [-0.2, 0) is 20.4 Å². The second-order valence-electron chi connectivity index (χ2n) is 5.19. The number of nitrogens with one attached hydrogen (secondary N) is 1. The minimum Gasteiger partial charge on any atom is -0.351 e. The molecule has 1 saturated heterocycles. The van der Waals surface area contributed by atoms with Crippen LogP contribution in [0.2, 0.25) is 0 Å². The first kappa shape index (κ1) is 16.3. The van der Waals surface area contributed by atoms with Crippen molar-refractivity contribution in [3.63, 3.8) is 0 Å². The molecule has 1 aromatic rings. The summed E-state index contributed by atoms with van der Waals surface area (Å²) in [6.07, 6.45) is 0.482. The molecule has 1 fully saturated rings. The van der Waals surface area contributed by atoms with E-state index in [4.69, 9.17) is 0 Å². The Morgan fingerprint density at radius 3 is 2.90 bits per heavy atom. The van der Waals surface area contributed by atoms with E-state index < -0.39 is 9.84 Å². The van der Waals surface area contributed by atoms with E-state index in [1.807, 2.05) is 6.07 Å². The minimum atomic E-state index is -2.99. The summed E-state index contributed by atoms with van der Waals surface area (Å²) >= 11 is 1.40. The molecule has 2 atom stereocenters. The summed E-state index contributed by atoms with van der Waals surface area (Å²) in [4.78, 5) is 12.0. The molecule has 0 spiro atoms. The fourth-order valence-electron chi connectivity index (χ4n) is 2.15. The molecule has 1 aliphatic heterocycles. The second kappa shape index (κ2) is 6.79. The summed E-state index contributed by atoms with van der Waals surface area (Å²) in [5.41, 5.74) is 0.822. The highest BCUT2D eigenvalue weighted by molar-refractivity contribution is 7.99. The number of benzene rings is 1. The summed E-state index contributed by atoms with van der Waals surface area (Å²) in [6.45, 7) is 1.77. The average Bonchev–Trinajstić information content (AvgIpc) is 2.75. The van der Waals surface area contributed by atoms with Gasteiger partial charge in [-0.15, -0.1) is 11.8 Å². The SMILES string of the molecule is C[C@H](SCc1cccc(F)c1)C(=O)N[C@@H]1CCS(=O)(=O)C1. The summed E-state index contributed by atoms with van der Waals surface area (Å²) in [7, 11) is -2.99. The highest BCUT2D eigenvalue weighted by Gasteiger charge is 2.29. The Morgan fingerprint density at radius 1 is 1.52 bits per heavy atom. The Balaban J connectivity index is 1.80. The van der Waals surface area contributed by atoms with Gasteiger partial charge >= 0.3 is 0 Å². The topological polar surface area (TPSA) is 63.2 Å². The molecule has 1 N–H and O–H groups in total. The third-order valence-corrected chi connectivity index (χ3v) is 6.32. The fourth-order valence-corrected chi connectivity index (χ4v) is 4.67. The zero-order valence-electron chi connectivity index (χ0n) is 11.7. The predicted molar refractivity (Wildman–Crippen MR) is 82.4 cm³/mol. The molecule has 21 heavy (non-hydrogen) atoms. The molecular weight excluding hydrogens is 313 g/mol. The molecule has 0 unspecified atom stereocenters. The fraction of sp³-hybridized carbons (Fsp3) is 0.500. The van der Waals surface area contributed by atoms with E-state index >= 15 is 0 Å². The van der Waals surface area contributed by atoms with Crippen LogP contribution in [0.1, 0.15) is 18.9 Å². The third kappa shape index (κ3) is 5.00. The van der Waals surface area contributed by atoms with Gasteiger partial charge in [0.2, 0.25) is 5.91 Å². The van der Waals surface area contributed by atoms with Crippen molar-refractivity contribution in [3.8, 4) is 0 Å². The monoisotopic (exact) mass is 331 g/mol. The lowest BCUT2D eigenvalue weighted by atomic mass is 10.2. The smallest absolute Gasteiger partial charge is 0.233 e. The van der Waals surface area contributed by atoms with Gasteiger partial charge in [0, 0.05) is 11.8 Å². The number of halogens is 1. The van der Waals surface area contributed by atoms with Gasteiger partial charge in [0.25, 0.3) is 0 Å². The molecule has 2 rings (SSSR count). The predicted octanol–water partition coefficient (Wildman–Crippen LogP) is 1.75. The molecule has 0 radical (unpaired) electrons. The van der Waals surface area contributed by atoms with E-state index in [0.717, 1.165) is 5.56 Å². The van der Waals surface area contributed by atoms with Crippen LogP contribution >= 0.6 is 11.8 Å². The van der Waals surface area contributed by atoms with Crippen molar-refractivity contribution in [2.75, 3.05) is 11.5 Å². The van der Waals surface area contributed by atoms with Gasteiger partial charge in [-0.1, -0.05) is 12.1 Å². The molecule has 116 valence electrons. The van der Waals surface area contributed by atoms with Gasteiger partial charge < -0.3 is 5.32 Å². The maximum atomic E-state index is 13.0. The van der Waals surface area contributed by atoms with Gasteiger partial charge in [0.1, 0.15) is 5.82 Å². The quantitative estimate of drug-likeness (QED) is 0.893. The number of thioether (sulfide) groups is 1. The first-order valence-electron chi connectivity index (χ1n) is 6.72. The maximum Gasteiger partial charge on any atom is 0.233 e. The lowest BCUT2D eigenvalue weighted by Gasteiger charge is -2.15. The van der Waals surface area contributed by atoms with E-state index in [2.05, 4.69) is 5.32 Å². The number of rotatable bonds is 5. The zero-order valence-corrected chi connectivity index (χ0v) is 13.3. The lowest BCUT2D eigenvalue weighted by Crippen LogP contribution is -2.40. The van der Waals surface area contributed by atoms with E-state index in [1.54, 1.807) is 13.0 Å². The number of hydrogen-bond acceptors (Lipinski definition) is 4. The molecule has 1 heterocycles. The van der Waals surface area contributed by atoms with Crippen LogP contribution in [-0.4, -0.2) is 37.1 Å². The molecule has 1 amide bonds. The van der Waals surface area contributed by atoms with Crippen molar-refractivity contribution < 1.29 is 17.6 Å². The van der Waals surface area contributed by atoms with Crippen LogP contribution in [0.3, 0.4) is 0 Å². The first-order chi connectivity index (χ1) is 9.85. The summed E-state index contributed by atoms with van der Waals surface area (Å²) in [6, 6.07) is 6.00. The van der Waals surface area contributed by atoms with Crippen LogP contribution in [0.5, 0.6) is 0 Å². The Bertz CT molecular complexity index is 618. The molecule has 4 nitrogen and oxygen atoms in total. The van der Waals surface area contributed by atoms with Crippen LogP contribution in [0.15, 0.2) is 24.3 Å². The molecule has 0 saturated carbocycles. The van der Waals surface area contributed by atoms with E-state index in [0.29, 0.717) is 12.2 Å². The summed E-state index contributed by atoms with van der Waals surface area (Å²) in [5.74, 6) is 0.248. The molecule has 7 heteroatoms. The number of amides is 1. The highest BCUT2D eigenvalue weighted by Crippen LogP contribution is 2.19. The largest absolute Gasteiger partial charge is 0.351 e. The van der Waals surface area contributed by atoms with Gasteiger partial charge in [-0.25, -0.2) is 12.8 Å². The molecular formula is C14H18FNO3S2. The van der Waals surface area contributed by atoms with E-state index in [9.17, 15) is 17.6 Å². The Labute approximate surface area is 128 Å². The Morgan fingerprint density at radius 2 is 2.29 bits per heavy atom. The van der Waals surface area contributed by atoms with Gasteiger partial charge in [-0.2, -0.15) is 0 Å². The van der Waals surface area contributed by atoms with Crippen molar-refractivity contribution in [1.29, 1.82) is 0 Å². The zero-order chi connectivity index (χ0) is 15.5. The van der Waals surface area contributed by atoms with Crippen molar-refractivity contribution in [3.05, 3.63) is 35.6 Å². The van der Waals surface area contributed by atoms with Gasteiger partial charge in [-0.05, 0) is 31.0 Å². The molecule has 0 bridgehead atoms. The second-order valence-corrected chi connectivity index (χ2v) is 8.75. The van der Waals surface area contributed by atoms with Crippen LogP contribution in [0.4, 0.5) is 4.39 Å². The standard InChI is InChI=1S/C14H18FNO3S2/c1-10(20-8-11-3-2-4-12(15)7-11)14(17)16-13-5-6-21(18,19)9-13/h2-4,7,10,13H,5-6,8-9H2,1H3,(H,16,17)/t10-,13+/m0/s1. The van der Waals surface area contributed by atoms with E-state index in [1.165, 1.54) is 23.9 Å². The number of carbonyl (C=O) groups excluding carboxylic acids is 1. The number of hydrogen-bond donors (Lipinski definition) is 1. The average molecular weight is 331 g/mol. The van der Waals surface area contributed by atoms with Gasteiger partial charge in [0.15, 0.2) is 9.84 Å². The highest BCUT2D eigenvalue weighted by atomic mass is 32.2. The lowest BCUT2D eigenvalue weighted by molar-refractivity contribution is -0.120. The molecule has 1 aromatic carbocycles. The minimum absolute atomic E-state index is 0.0278. The molecule has 0 aliphatic carbocycles. The Kier molecular flexibility index (Phi) is 5.27. The van der Waals surface area contributed by atoms with Gasteiger partial charge in [-0.3, -0.25) is 4.79 Å². The van der Waals surface area contributed by atoms with Crippen molar-refractivity contribution in [1.82, 2.24) is 5.32 Å². The first-order valence-corrected chi connectivity index (χ1v) is 9.59. The number of sulfone groups is 1. The third-order valence-electron chi connectivity index (χ3n) is 3.34. The van der Waals surface area contributed by atoms with Crippen molar-refractivity contribution in [2.45, 2.75) is 30.4 Å². The normalized spacial score (nSPS) is 21.9. The maximum absolute atomic E-state index is 13.0. The van der Waals surface area contributed by atoms with Crippen molar-refractivity contribution in [2.24, 2.45) is 0 Å². The van der Waals surface area contributed by atoms with Gasteiger partial charge in [0.05, 0.1) is 16.8 Å². The van der Waals surface area contributed by atoms with Crippen molar-refractivity contribution >= 4 is 27.5 Å². The number of carbonyl (C=O) groups is 1. The molecule has 1 aliphatic rings. The molecule has 0 aromatic heterocycles. The van der Waals surface area contributed by atoms with Crippen LogP contribution < -0.4 is 5.32 Å². The Hall–Kier alpha value is -1.08.